The van der Waals surface area contributed by atoms with Crippen molar-refractivity contribution in [2.45, 2.75) is 6.42 Å². The van der Waals surface area contributed by atoms with E-state index in [2.05, 4.69) is 5.32 Å². The second-order valence-electron chi connectivity index (χ2n) is 4.46. The van der Waals surface area contributed by atoms with Crippen molar-refractivity contribution in [3.05, 3.63) is 64.1 Å². The fraction of sp³-hybridized carbons (Fsp3) is 0.125. The number of halogens is 2. The van der Waals surface area contributed by atoms with Gasteiger partial charge in [-0.2, -0.15) is 0 Å². The van der Waals surface area contributed by atoms with Crippen molar-refractivity contribution < 1.29 is 14.3 Å². The number of ether oxygens (including phenoxy) is 1. The van der Waals surface area contributed by atoms with E-state index >= 15 is 0 Å². The zero-order valence-electron chi connectivity index (χ0n) is 11.5. The first-order valence-corrected chi connectivity index (χ1v) is 7.27. The van der Waals surface area contributed by atoms with Gasteiger partial charge < -0.3 is 10.1 Å². The maximum Gasteiger partial charge on any atom is 0.332 e. The molecule has 2 rings (SSSR count). The van der Waals surface area contributed by atoms with Gasteiger partial charge in [-0.1, -0.05) is 59.6 Å². The Morgan fingerprint density at radius 2 is 1.55 bits per heavy atom. The molecule has 0 aliphatic heterocycles. The van der Waals surface area contributed by atoms with Crippen molar-refractivity contribution in [2.24, 2.45) is 0 Å². The zero-order chi connectivity index (χ0) is 15.9. The molecule has 0 atom stereocenters. The molecule has 4 nitrogen and oxygen atoms in total. The van der Waals surface area contributed by atoms with Crippen molar-refractivity contribution >= 4 is 40.8 Å². The van der Waals surface area contributed by atoms with Gasteiger partial charge in [-0.25, -0.2) is 4.79 Å². The molecule has 0 unspecified atom stereocenters. The predicted molar refractivity (Wildman–Crippen MR) is 86.2 cm³/mol. The van der Waals surface area contributed by atoms with Crippen LogP contribution in [0.25, 0.3) is 0 Å². The van der Waals surface area contributed by atoms with E-state index < -0.39 is 11.9 Å². The topological polar surface area (TPSA) is 55.4 Å². The lowest BCUT2D eigenvalue weighted by atomic mass is 10.2. The minimum Gasteiger partial charge on any atom is -0.392 e. The van der Waals surface area contributed by atoms with Crippen molar-refractivity contribution in [1.29, 1.82) is 0 Å². The Bertz CT molecular complexity index is 654. The Labute approximate surface area is 138 Å². The average molecular weight is 338 g/mol. The molecule has 2 aromatic rings. The van der Waals surface area contributed by atoms with Crippen LogP contribution in [0.4, 0.5) is 5.69 Å². The molecule has 0 saturated heterocycles. The molecule has 0 amide bonds. The molecule has 0 spiro atoms. The zero-order valence-corrected chi connectivity index (χ0v) is 13.0. The van der Waals surface area contributed by atoms with E-state index in [1.165, 1.54) is 0 Å². The summed E-state index contributed by atoms with van der Waals surface area (Å²) < 4.78 is 4.73. The van der Waals surface area contributed by atoms with E-state index in [4.69, 9.17) is 27.9 Å². The Balaban J connectivity index is 1.84. The molecule has 114 valence electrons. The second-order valence-corrected chi connectivity index (χ2v) is 5.27. The normalized spacial score (nSPS) is 10.1. The number of esters is 2. The van der Waals surface area contributed by atoms with Gasteiger partial charge in [-0.15, -0.1) is 0 Å². The molecule has 0 aliphatic rings. The molecule has 0 aromatic heterocycles. The molecule has 0 fully saturated rings. The fourth-order valence-electron chi connectivity index (χ4n) is 1.79. The first-order valence-electron chi connectivity index (χ1n) is 6.51. The van der Waals surface area contributed by atoms with Gasteiger partial charge >= 0.3 is 11.9 Å². The Morgan fingerprint density at radius 3 is 2.18 bits per heavy atom. The van der Waals surface area contributed by atoms with Crippen LogP contribution in [0.5, 0.6) is 0 Å². The van der Waals surface area contributed by atoms with Crippen molar-refractivity contribution in [2.75, 3.05) is 11.9 Å². The summed E-state index contributed by atoms with van der Waals surface area (Å²) in [6.45, 7) is -0.204. The number of nitrogens with one attached hydrogen (secondary N) is 1. The SMILES string of the molecule is O=C(CNc1c(Cl)cccc1Cl)OC(=O)Cc1ccccc1. The third-order valence-corrected chi connectivity index (χ3v) is 3.42. The maximum absolute atomic E-state index is 11.6. The third kappa shape index (κ3) is 4.76. The van der Waals surface area contributed by atoms with Crippen LogP contribution < -0.4 is 5.32 Å². The van der Waals surface area contributed by atoms with Crippen molar-refractivity contribution in [3.8, 4) is 0 Å². The van der Waals surface area contributed by atoms with Crippen LogP contribution >= 0.6 is 23.2 Å². The summed E-state index contributed by atoms with van der Waals surface area (Å²) in [6, 6.07) is 14.0. The summed E-state index contributed by atoms with van der Waals surface area (Å²) in [4.78, 5) is 23.3. The van der Waals surface area contributed by atoms with Gasteiger partial charge in [0.1, 0.15) is 6.54 Å². The number of carbonyl (C=O) groups excluding carboxylic acids is 2. The van der Waals surface area contributed by atoms with E-state index in [1.807, 2.05) is 18.2 Å². The molecule has 2 aromatic carbocycles. The molecule has 0 aliphatic carbocycles. The van der Waals surface area contributed by atoms with Crippen molar-refractivity contribution in [1.82, 2.24) is 0 Å². The highest BCUT2D eigenvalue weighted by Crippen LogP contribution is 2.29. The molecular formula is C16H13Cl2NO3. The minimum atomic E-state index is -0.697. The van der Waals surface area contributed by atoms with Crippen LogP contribution in [0.15, 0.2) is 48.5 Å². The first kappa shape index (κ1) is 16.3. The number of para-hydroxylation sites is 1. The summed E-state index contributed by atoms with van der Waals surface area (Å²) >= 11 is 11.9. The van der Waals surface area contributed by atoms with E-state index in [0.717, 1.165) is 5.56 Å². The minimum absolute atomic E-state index is 0.0411. The van der Waals surface area contributed by atoms with Gasteiger partial charge in [0, 0.05) is 0 Å². The van der Waals surface area contributed by atoms with Crippen LogP contribution in [0, 0.1) is 0 Å². The quantitative estimate of drug-likeness (QED) is 0.667. The molecular weight excluding hydrogens is 325 g/mol. The summed E-state index contributed by atoms with van der Waals surface area (Å²) in [6.07, 6.45) is 0.0411. The predicted octanol–water partition coefficient (Wildman–Crippen LogP) is 3.72. The molecule has 1 N–H and O–H groups in total. The molecule has 0 bridgehead atoms. The van der Waals surface area contributed by atoms with E-state index in [9.17, 15) is 9.59 Å². The number of hydrogen-bond donors (Lipinski definition) is 1. The summed E-state index contributed by atoms with van der Waals surface area (Å²) in [7, 11) is 0. The maximum atomic E-state index is 11.6. The second kappa shape index (κ2) is 7.82. The lowest BCUT2D eigenvalue weighted by Gasteiger charge is -2.09. The van der Waals surface area contributed by atoms with E-state index in [1.54, 1.807) is 30.3 Å². The lowest BCUT2D eigenvalue weighted by molar-refractivity contribution is -0.157. The molecule has 22 heavy (non-hydrogen) atoms. The monoisotopic (exact) mass is 337 g/mol. The summed E-state index contributed by atoms with van der Waals surface area (Å²) in [5.41, 5.74) is 1.21. The number of carbonyl (C=O) groups is 2. The summed E-state index contributed by atoms with van der Waals surface area (Å²) in [5, 5.41) is 3.53. The molecule has 0 saturated carbocycles. The largest absolute Gasteiger partial charge is 0.392 e. The van der Waals surface area contributed by atoms with Gasteiger partial charge in [-0.05, 0) is 17.7 Å². The number of rotatable bonds is 5. The number of benzene rings is 2. The van der Waals surface area contributed by atoms with Crippen molar-refractivity contribution in [3.63, 3.8) is 0 Å². The van der Waals surface area contributed by atoms with Crippen LogP contribution in [0.3, 0.4) is 0 Å². The third-order valence-electron chi connectivity index (χ3n) is 2.79. The van der Waals surface area contributed by atoms with Gasteiger partial charge in [0.15, 0.2) is 0 Å². The van der Waals surface area contributed by atoms with Gasteiger partial charge in [-0.3, -0.25) is 4.79 Å². The average Bonchev–Trinajstić information content (AvgIpc) is 2.47. The molecule has 0 heterocycles. The highest BCUT2D eigenvalue weighted by Gasteiger charge is 2.12. The highest BCUT2D eigenvalue weighted by atomic mass is 35.5. The Morgan fingerprint density at radius 1 is 0.909 bits per heavy atom. The van der Waals surface area contributed by atoms with E-state index in [0.29, 0.717) is 15.7 Å². The van der Waals surface area contributed by atoms with Gasteiger partial charge in [0.25, 0.3) is 0 Å². The molecule has 0 radical (unpaired) electrons. The van der Waals surface area contributed by atoms with E-state index in [-0.39, 0.29) is 13.0 Å². The smallest absolute Gasteiger partial charge is 0.332 e. The van der Waals surface area contributed by atoms with Crippen LogP contribution in [0.2, 0.25) is 10.0 Å². The molecule has 6 heteroatoms. The Hall–Kier alpha value is -2.04. The Kier molecular flexibility index (Phi) is 5.81. The lowest BCUT2D eigenvalue weighted by Crippen LogP contribution is -2.21. The fourth-order valence-corrected chi connectivity index (χ4v) is 2.32. The van der Waals surface area contributed by atoms with Crippen LogP contribution in [-0.4, -0.2) is 18.5 Å². The first-order chi connectivity index (χ1) is 10.6. The standard InChI is InChI=1S/C16H13Cl2NO3/c17-12-7-4-8-13(18)16(12)19-10-15(21)22-14(20)9-11-5-2-1-3-6-11/h1-8,19H,9-10H2. The highest BCUT2D eigenvalue weighted by molar-refractivity contribution is 6.39. The number of anilines is 1. The van der Waals surface area contributed by atoms with Gasteiger partial charge in [0.2, 0.25) is 0 Å². The van der Waals surface area contributed by atoms with Crippen LogP contribution in [-0.2, 0) is 20.7 Å². The number of hydrogen-bond acceptors (Lipinski definition) is 4. The van der Waals surface area contributed by atoms with Crippen LogP contribution in [0.1, 0.15) is 5.56 Å². The van der Waals surface area contributed by atoms with Gasteiger partial charge in [0.05, 0.1) is 22.2 Å². The summed E-state index contributed by atoms with van der Waals surface area (Å²) in [5.74, 6) is -1.31.